The topological polar surface area (TPSA) is 84.8 Å². The zero-order valence-electron chi connectivity index (χ0n) is 13.2. The van der Waals surface area contributed by atoms with E-state index in [1.807, 2.05) is 6.07 Å². The average molecular weight is 356 g/mol. The molecule has 0 aliphatic rings. The van der Waals surface area contributed by atoms with Crippen LogP contribution in [0.2, 0.25) is 0 Å². The molecule has 8 heteroatoms. The van der Waals surface area contributed by atoms with Crippen LogP contribution in [-0.2, 0) is 0 Å². The number of hydrogen-bond acceptors (Lipinski definition) is 5. The summed E-state index contributed by atoms with van der Waals surface area (Å²) in [6.07, 6.45) is -1.59. The standard InChI is InChI=1S/C18H11F3N4O/c19-18(20,21)26-13-3-1-11(2-4-13)14-9-16(12-5-7-24-8-6-12)25-17(23)15(14)10-22/h1-9H,(H2,23,25). The fourth-order valence-corrected chi connectivity index (χ4v) is 2.42. The number of benzene rings is 1. The van der Waals surface area contributed by atoms with Gasteiger partial charge in [-0.3, -0.25) is 4.98 Å². The number of nitriles is 1. The first-order valence-corrected chi connectivity index (χ1v) is 7.34. The first-order valence-electron chi connectivity index (χ1n) is 7.34. The van der Waals surface area contributed by atoms with Crippen LogP contribution in [0.3, 0.4) is 0 Å². The Kier molecular flexibility index (Phi) is 4.45. The Hall–Kier alpha value is -3.60. The molecule has 0 saturated heterocycles. The molecule has 26 heavy (non-hydrogen) atoms. The van der Waals surface area contributed by atoms with Gasteiger partial charge in [-0.2, -0.15) is 5.26 Å². The molecule has 0 bridgehead atoms. The molecule has 2 N–H and O–H groups in total. The molecule has 0 aliphatic heterocycles. The number of anilines is 1. The van der Waals surface area contributed by atoms with Gasteiger partial charge >= 0.3 is 6.36 Å². The van der Waals surface area contributed by atoms with E-state index in [9.17, 15) is 18.4 Å². The molecule has 0 spiro atoms. The summed E-state index contributed by atoms with van der Waals surface area (Å²) in [4.78, 5) is 8.15. The molecule has 0 atom stereocenters. The van der Waals surface area contributed by atoms with Gasteiger partial charge in [-0.15, -0.1) is 13.2 Å². The number of ether oxygens (including phenoxy) is 1. The average Bonchev–Trinajstić information content (AvgIpc) is 2.61. The van der Waals surface area contributed by atoms with E-state index in [0.717, 1.165) is 5.56 Å². The predicted molar refractivity (Wildman–Crippen MR) is 88.7 cm³/mol. The van der Waals surface area contributed by atoms with Crippen LogP contribution in [0.15, 0.2) is 54.9 Å². The largest absolute Gasteiger partial charge is 0.573 e. The molecule has 0 aliphatic carbocycles. The van der Waals surface area contributed by atoms with E-state index in [1.54, 1.807) is 30.6 Å². The second kappa shape index (κ2) is 6.72. The Morgan fingerprint density at radius 3 is 2.23 bits per heavy atom. The number of pyridine rings is 2. The first kappa shape index (κ1) is 17.2. The highest BCUT2D eigenvalue weighted by Crippen LogP contribution is 2.32. The number of alkyl halides is 3. The van der Waals surface area contributed by atoms with Crippen molar-refractivity contribution in [2.45, 2.75) is 6.36 Å². The van der Waals surface area contributed by atoms with Crippen molar-refractivity contribution in [2.75, 3.05) is 5.73 Å². The Balaban J connectivity index is 2.06. The summed E-state index contributed by atoms with van der Waals surface area (Å²) in [6, 6.07) is 12.3. The lowest BCUT2D eigenvalue weighted by Crippen LogP contribution is -2.16. The van der Waals surface area contributed by atoms with E-state index in [2.05, 4.69) is 14.7 Å². The number of aromatic nitrogens is 2. The van der Waals surface area contributed by atoms with Gasteiger partial charge in [-0.05, 0) is 35.9 Å². The van der Waals surface area contributed by atoms with Crippen molar-refractivity contribution < 1.29 is 17.9 Å². The van der Waals surface area contributed by atoms with E-state index in [1.165, 1.54) is 24.3 Å². The highest BCUT2D eigenvalue weighted by molar-refractivity contribution is 5.80. The summed E-state index contributed by atoms with van der Waals surface area (Å²) in [5.41, 5.74) is 8.29. The molecule has 0 unspecified atom stereocenters. The van der Waals surface area contributed by atoms with Gasteiger partial charge in [0.1, 0.15) is 23.2 Å². The van der Waals surface area contributed by atoms with Crippen molar-refractivity contribution in [3.05, 3.63) is 60.4 Å². The van der Waals surface area contributed by atoms with Gasteiger partial charge in [-0.1, -0.05) is 12.1 Å². The molecular weight excluding hydrogens is 345 g/mol. The zero-order valence-corrected chi connectivity index (χ0v) is 13.2. The molecule has 2 aromatic heterocycles. The third kappa shape index (κ3) is 3.72. The fraction of sp³-hybridized carbons (Fsp3) is 0.0556. The molecule has 3 aromatic rings. The van der Waals surface area contributed by atoms with Crippen LogP contribution in [0.25, 0.3) is 22.4 Å². The van der Waals surface area contributed by atoms with Crippen molar-refractivity contribution in [3.8, 4) is 34.2 Å². The quantitative estimate of drug-likeness (QED) is 0.761. The summed E-state index contributed by atoms with van der Waals surface area (Å²) in [5.74, 6) is -0.316. The predicted octanol–water partition coefficient (Wildman–Crippen LogP) is 4.16. The van der Waals surface area contributed by atoms with Gasteiger partial charge in [0.25, 0.3) is 0 Å². The van der Waals surface area contributed by atoms with Gasteiger partial charge in [0, 0.05) is 23.5 Å². The fourth-order valence-electron chi connectivity index (χ4n) is 2.42. The first-order chi connectivity index (χ1) is 12.4. The number of nitrogen functional groups attached to an aromatic ring is 1. The third-order valence-corrected chi connectivity index (χ3v) is 3.53. The van der Waals surface area contributed by atoms with Crippen LogP contribution in [0, 0.1) is 11.3 Å². The number of halogens is 3. The molecular formula is C18H11F3N4O. The van der Waals surface area contributed by atoms with Crippen LogP contribution >= 0.6 is 0 Å². The summed E-state index contributed by atoms with van der Waals surface area (Å²) < 4.78 is 40.7. The van der Waals surface area contributed by atoms with E-state index in [0.29, 0.717) is 16.8 Å². The Morgan fingerprint density at radius 1 is 1.00 bits per heavy atom. The maximum absolute atomic E-state index is 12.3. The molecule has 2 heterocycles. The minimum Gasteiger partial charge on any atom is -0.406 e. The summed E-state index contributed by atoms with van der Waals surface area (Å²) in [7, 11) is 0. The molecule has 5 nitrogen and oxygen atoms in total. The lowest BCUT2D eigenvalue weighted by Gasteiger charge is -2.12. The number of rotatable bonds is 3. The summed E-state index contributed by atoms with van der Waals surface area (Å²) in [6.45, 7) is 0. The minimum atomic E-state index is -4.77. The normalized spacial score (nSPS) is 11.0. The van der Waals surface area contributed by atoms with Crippen molar-refractivity contribution in [1.82, 2.24) is 9.97 Å². The van der Waals surface area contributed by atoms with Crippen molar-refractivity contribution in [1.29, 1.82) is 5.26 Å². The summed E-state index contributed by atoms with van der Waals surface area (Å²) in [5, 5.41) is 9.38. The summed E-state index contributed by atoms with van der Waals surface area (Å²) >= 11 is 0. The maximum atomic E-state index is 12.3. The molecule has 0 radical (unpaired) electrons. The van der Waals surface area contributed by atoms with Crippen LogP contribution in [0.1, 0.15) is 5.56 Å². The molecule has 0 fully saturated rings. The molecule has 3 rings (SSSR count). The Morgan fingerprint density at radius 2 is 1.65 bits per heavy atom. The highest BCUT2D eigenvalue weighted by atomic mass is 19.4. The van der Waals surface area contributed by atoms with Gasteiger partial charge in [0.15, 0.2) is 0 Å². The number of nitrogens with two attached hydrogens (primary N) is 1. The minimum absolute atomic E-state index is 0.0347. The van der Waals surface area contributed by atoms with Crippen molar-refractivity contribution >= 4 is 5.82 Å². The van der Waals surface area contributed by atoms with E-state index < -0.39 is 6.36 Å². The lowest BCUT2D eigenvalue weighted by atomic mass is 9.98. The SMILES string of the molecule is N#Cc1c(-c2ccc(OC(F)(F)F)cc2)cc(-c2ccncc2)nc1N. The molecule has 0 saturated carbocycles. The van der Waals surface area contributed by atoms with E-state index in [4.69, 9.17) is 5.73 Å². The lowest BCUT2D eigenvalue weighted by molar-refractivity contribution is -0.274. The monoisotopic (exact) mass is 356 g/mol. The van der Waals surface area contributed by atoms with Crippen molar-refractivity contribution in [2.24, 2.45) is 0 Å². The van der Waals surface area contributed by atoms with Gasteiger partial charge in [0.2, 0.25) is 0 Å². The van der Waals surface area contributed by atoms with Crippen LogP contribution in [-0.4, -0.2) is 16.3 Å². The smallest absolute Gasteiger partial charge is 0.406 e. The van der Waals surface area contributed by atoms with Gasteiger partial charge < -0.3 is 10.5 Å². The van der Waals surface area contributed by atoms with Crippen molar-refractivity contribution in [3.63, 3.8) is 0 Å². The highest BCUT2D eigenvalue weighted by Gasteiger charge is 2.31. The second-order valence-electron chi connectivity index (χ2n) is 5.24. The number of hydrogen-bond donors (Lipinski definition) is 1. The van der Waals surface area contributed by atoms with Crippen LogP contribution in [0.4, 0.5) is 19.0 Å². The second-order valence-corrected chi connectivity index (χ2v) is 5.24. The maximum Gasteiger partial charge on any atom is 0.573 e. The molecule has 130 valence electrons. The Bertz CT molecular complexity index is 965. The van der Waals surface area contributed by atoms with Crippen LogP contribution in [0.5, 0.6) is 5.75 Å². The van der Waals surface area contributed by atoms with E-state index >= 15 is 0 Å². The van der Waals surface area contributed by atoms with Gasteiger partial charge in [0.05, 0.1) is 5.69 Å². The third-order valence-electron chi connectivity index (χ3n) is 3.53. The molecule has 0 amide bonds. The van der Waals surface area contributed by atoms with Crippen LogP contribution < -0.4 is 10.5 Å². The molecule has 1 aromatic carbocycles. The van der Waals surface area contributed by atoms with E-state index in [-0.39, 0.29) is 17.1 Å². The Labute approximate surface area is 146 Å². The zero-order chi connectivity index (χ0) is 18.7. The number of nitrogens with zero attached hydrogens (tertiary/aromatic N) is 3. The van der Waals surface area contributed by atoms with Gasteiger partial charge in [-0.25, -0.2) is 4.98 Å².